The number of hydrogen-bond donors (Lipinski definition) is 1. The molecular formula is C17H14ClN3OS2. The molecule has 0 radical (unpaired) electrons. The highest BCUT2D eigenvalue weighted by atomic mass is 35.5. The SMILES string of the molecule is O=C1CSC(c2ccsc2)c2cnn(Cc3ccccc3Cl)c2N1. The molecule has 122 valence electrons. The van der Waals surface area contributed by atoms with E-state index < -0.39 is 0 Å². The van der Waals surface area contributed by atoms with Crippen LogP contribution in [0.2, 0.25) is 5.02 Å². The molecule has 0 spiro atoms. The molecule has 1 aromatic carbocycles. The molecule has 1 amide bonds. The number of benzene rings is 1. The van der Waals surface area contributed by atoms with Crippen LogP contribution in [0.4, 0.5) is 5.82 Å². The second kappa shape index (κ2) is 6.63. The molecule has 1 aliphatic heterocycles. The van der Waals surface area contributed by atoms with Gasteiger partial charge in [0.05, 0.1) is 23.7 Å². The van der Waals surface area contributed by atoms with Gasteiger partial charge in [-0.15, -0.1) is 11.8 Å². The van der Waals surface area contributed by atoms with Crippen LogP contribution in [0.15, 0.2) is 47.3 Å². The third-order valence-electron chi connectivity index (χ3n) is 3.91. The number of amides is 1. The smallest absolute Gasteiger partial charge is 0.235 e. The number of nitrogens with one attached hydrogen (secondary N) is 1. The first-order chi connectivity index (χ1) is 11.7. The maximum Gasteiger partial charge on any atom is 0.235 e. The maximum atomic E-state index is 12.1. The Morgan fingerprint density at radius 2 is 2.21 bits per heavy atom. The van der Waals surface area contributed by atoms with Crippen molar-refractivity contribution >= 4 is 46.4 Å². The van der Waals surface area contributed by atoms with E-state index >= 15 is 0 Å². The molecule has 7 heteroatoms. The fraction of sp³-hybridized carbons (Fsp3) is 0.176. The van der Waals surface area contributed by atoms with Crippen LogP contribution in [-0.4, -0.2) is 21.4 Å². The Kier molecular flexibility index (Phi) is 4.35. The number of aromatic nitrogens is 2. The van der Waals surface area contributed by atoms with Gasteiger partial charge >= 0.3 is 0 Å². The number of thiophene rings is 1. The van der Waals surface area contributed by atoms with Crippen molar-refractivity contribution in [3.63, 3.8) is 0 Å². The Morgan fingerprint density at radius 1 is 1.33 bits per heavy atom. The lowest BCUT2D eigenvalue weighted by atomic mass is 10.1. The van der Waals surface area contributed by atoms with Crippen molar-refractivity contribution in [1.29, 1.82) is 0 Å². The number of hydrogen-bond acceptors (Lipinski definition) is 4. The van der Waals surface area contributed by atoms with E-state index in [1.54, 1.807) is 23.1 Å². The minimum absolute atomic E-state index is 0.000104. The lowest BCUT2D eigenvalue weighted by Crippen LogP contribution is -2.17. The molecule has 24 heavy (non-hydrogen) atoms. The fourth-order valence-electron chi connectivity index (χ4n) is 2.75. The first kappa shape index (κ1) is 15.7. The van der Waals surface area contributed by atoms with Gasteiger partial charge in [0.1, 0.15) is 5.82 Å². The van der Waals surface area contributed by atoms with Crippen molar-refractivity contribution in [1.82, 2.24) is 9.78 Å². The van der Waals surface area contributed by atoms with E-state index in [9.17, 15) is 4.79 Å². The van der Waals surface area contributed by atoms with Gasteiger partial charge in [-0.05, 0) is 34.0 Å². The number of nitrogens with zero attached hydrogens (tertiary/aromatic N) is 2. The molecule has 3 heterocycles. The van der Waals surface area contributed by atoms with Gasteiger partial charge in [0.15, 0.2) is 0 Å². The van der Waals surface area contributed by atoms with Gasteiger partial charge in [-0.2, -0.15) is 16.4 Å². The van der Waals surface area contributed by atoms with Crippen molar-refractivity contribution in [3.05, 3.63) is 69.0 Å². The Morgan fingerprint density at radius 3 is 3.00 bits per heavy atom. The highest BCUT2D eigenvalue weighted by molar-refractivity contribution is 8.00. The van der Waals surface area contributed by atoms with Crippen LogP contribution in [0.5, 0.6) is 0 Å². The number of thioether (sulfide) groups is 1. The highest BCUT2D eigenvalue weighted by Gasteiger charge is 2.28. The number of carbonyl (C=O) groups is 1. The van der Waals surface area contributed by atoms with E-state index in [-0.39, 0.29) is 11.2 Å². The Balaban J connectivity index is 1.74. The first-order valence-corrected chi connectivity index (χ1v) is 9.82. The zero-order chi connectivity index (χ0) is 16.5. The van der Waals surface area contributed by atoms with E-state index in [1.807, 2.05) is 35.1 Å². The van der Waals surface area contributed by atoms with Crippen LogP contribution < -0.4 is 5.32 Å². The van der Waals surface area contributed by atoms with Gasteiger partial charge in [0.2, 0.25) is 5.91 Å². The minimum atomic E-state index is -0.000104. The molecule has 0 bridgehead atoms. The zero-order valence-electron chi connectivity index (χ0n) is 12.6. The average Bonchev–Trinajstić information content (AvgIpc) is 3.19. The fourth-order valence-corrected chi connectivity index (χ4v) is 4.80. The van der Waals surface area contributed by atoms with Crippen LogP contribution in [0.1, 0.15) is 21.9 Å². The number of rotatable bonds is 3. The van der Waals surface area contributed by atoms with Crippen LogP contribution in [0.25, 0.3) is 0 Å². The minimum Gasteiger partial charge on any atom is -0.310 e. The number of anilines is 1. The molecule has 1 atom stereocenters. The van der Waals surface area contributed by atoms with Gasteiger partial charge in [-0.25, -0.2) is 4.68 Å². The summed E-state index contributed by atoms with van der Waals surface area (Å²) in [6.45, 7) is 0.524. The van der Waals surface area contributed by atoms with Gasteiger partial charge < -0.3 is 5.32 Å². The summed E-state index contributed by atoms with van der Waals surface area (Å²) in [6, 6.07) is 9.79. The molecule has 3 aromatic rings. The van der Waals surface area contributed by atoms with Crippen LogP contribution in [0.3, 0.4) is 0 Å². The molecule has 4 rings (SSSR count). The molecule has 1 N–H and O–H groups in total. The summed E-state index contributed by atoms with van der Waals surface area (Å²) < 4.78 is 1.82. The second-order valence-electron chi connectivity index (χ2n) is 5.49. The molecule has 4 nitrogen and oxygen atoms in total. The molecule has 0 saturated heterocycles. The van der Waals surface area contributed by atoms with Crippen LogP contribution >= 0.6 is 34.7 Å². The topological polar surface area (TPSA) is 46.9 Å². The van der Waals surface area contributed by atoms with Crippen molar-refractivity contribution in [2.75, 3.05) is 11.1 Å². The molecule has 2 aromatic heterocycles. The van der Waals surface area contributed by atoms with Gasteiger partial charge in [0.25, 0.3) is 0 Å². The second-order valence-corrected chi connectivity index (χ2v) is 7.77. The molecule has 1 unspecified atom stereocenters. The molecule has 0 aliphatic carbocycles. The van der Waals surface area contributed by atoms with Crippen LogP contribution in [-0.2, 0) is 11.3 Å². The van der Waals surface area contributed by atoms with Gasteiger partial charge in [-0.1, -0.05) is 29.8 Å². The van der Waals surface area contributed by atoms with Crippen molar-refractivity contribution < 1.29 is 4.79 Å². The summed E-state index contributed by atoms with van der Waals surface area (Å²) in [6.07, 6.45) is 1.85. The normalized spacial score (nSPS) is 17.2. The van der Waals surface area contributed by atoms with Crippen molar-refractivity contribution in [2.24, 2.45) is 0 Å². The Bertz CT molecular complexity index is 876. The Hall–Kier alpha value is -1.76. The summed E-state index contributed by atoms with van der Waals surface area (Å²) in [4.78, 5) is 12.1. The monoisotopic (exact) mass is 375 g/mol. The number of halogens is 1. The molecule has 0 fully saturated rings. The van der Waals surface area contributed by atoms with Crippen molar-refractivity contribution in [2.45, 2.75) is 11.8 Å². The molecule has 0 saturated carbocycles. The number of fused-ring (bicyclic) bond motifs is 1. The third-order valence-corrected chi connectivity index (χ3v) is 6.27. The van der Waals surface area contributed by atoms with E-state index in [2.05, 4.69) is 27.2 Å². The van der Waals surface area contributed by atoms with E-state index in [1.165, 1.54) is 5.56 Å². The number of carbonyl (C=O) groups excluding carboxylic acids is 1. The van der Waals surface area contributed by atoms with E-state index in [0.29, 0.717) is 17.3 Å². The summed E-state index contributed by atoms with van der Waals surface area (Å²) in [7, 11) is 0. The molecular weight excluding hydrogens is 362 g/mol. The summed E-state index contributed by atoms with van der Waals surface area (Å²) in [5, 5.41) is 12.5. The predicted octanol–water partition coefficient (Wildman–Crippen LogP) is 4.42. The zero-order valence-corrected chi connectivity index (χ0v) is 15.0. The third kappa shape index (κ3) is 2.97. The largest absolute Gasteiger partial charge is 0.310 e. The van der Waals surface area contributed by atoms with E-state index in [4.69, 9.17) is 11.6 Å². The summed E-state index contributed by atoms with van der Waals surface area (Å²) in [5.41, 5.74) is 3.22. The average molecular weight is 376 g/mol. The van der Waals surface area contributed by atoms with Gasteiger partial charge in [0, 0.05) is 10.6 Å². The van der Waals surface area contributed by atoms with Gasteiger partial charge in [-0.3, -0.25) is 4.79 Å². The Labute approximate surface area is 152 Å². The molecule has 1 aliphatic rings. The summed E-state index contributed by atoms with van der Waals surface area (Å²) >= 11 is 9.56. The predicted molar refractivity (Wildman–Crippen MR) is 100 cm³/mol. The van der Waals surface area contributed by atoms with E-state index in [0.717, 1.165) is 16.9 Å². The quantitative estimate of drug-likeness (QED) is 0.737. The standard InChI is InChI=1S/C17H14ClN3OS2/c18-14-4-2-1-3-11(14)8-21-17-13(7-19-21)16(12-5-6-23-9-12)24-10-15(22)20-17/h1-7,9,16H,8,10H2,(H,20,22). The lowest BCUT2D eigenvalue weighted by molar-refractivity contribution is -0.113. The first-order valence-electron chi connectivity index (χ1n) is 7.45. The summed E-state index contributed by atoms with van der Waals surface area (Å²) in [5.74, 6) is 1.20. The van der Waals surface area contributed by atoms with Crippen molar-refractivity contribution in [3.8, 4) is 0 Å². The maximum absolute atomic E-state index is 12.1. The lowest BCUT2D eigenvalue weighted by Gasteiger charge is -2.13. The highest BCUT2D eigenvalue weighted by Crippen LogP contribution is 2.42. The van der Waals surface area contributed by atoms with Crippen LogP contribution in [0, 0.1) is 0 Å².